The van der Waals surface area contributed by atoms with E-state index in [-0.39, 0.29) is 6.42 Å². The van der Waals surface area contributed by atoms with Crippen LogP contribution in [0.5, 0.6) is 0 Å². The fourth-order valence-corrected chi connectivity index (χ4v) is 12.6. The average molecular weight is 869 g/mol. The summed E-state index contributed by atoms with van der Waals surface area (Å²) in [6.07, 6.45) is 2.28. The third kappa shape index (κ3) is 4.68. The van der Waals surface area contributed by atoms with Gasteiger partial charge in [0.1, 0.15) is 0 Å². The smallest absolute Gasteiger partial charge is 0.204 e. The van der Waals surface area contributed by atoms with Gasteiger partial charge in [0.15, 0.2) is 11.3 Å². The van der Waals surface area contributed by atoms with Gasteiger partial charge >= 0.3 is 0 Å². The number of para-hydroxylation sites is 8. The molecule has 1 aliphatic carbocycles. The maximum atomic E-state index is 12.6. The highest BCUT2D eigenvalue weighted by Crippen LogP contribution is 2.62. The first kappa shape index (κ1) is 38.2. The van der Waals surface area contributed by atoms with Crippen LogP contribution in [0.4, 0.5) is 0 Å². The molecule has 4 aromatic heterocycles. The Morgan fingerprint density at radius 3 is 0.838 bits per heavy atom. The molecule has 0 bridgehead atoms. The lowest BCUT2D eigenvalue weighted by Crippen LogP contribution is -2.62. The molecule has 6 nitrogen and oxygen atoms in total. The van der Waals surface area contributed by atoms with Crippen LogP contribution in [-0.2, 0) is 11.3 Å². The Kier molecular flexibility index (Phi) is 7.84. The molecule has 4 heterocycles. The van der Waals surface area contributed by atoms with Gasteiger partial charge in [0.2, 0.25) is 5.41 Å². The second-order valence-corrected chi connectivity index (χ2v) is 18.2. The maximum absolute atomic E-state index is 12.6. The van der Waals surface area contributed by atoms with Crippen LogP contribution in [0.1, 0.15) is 12.0 Å². The number of nitriles is 2. The minimum Gasteiger partial charge on any atom is -0.313 e. The molecule has 68 heavy (non-hydrogen) atoms. The molecular formula is C62H40N6. The Labute approximate surface area is 391 Å². The number of allylic oxidation sites excluding steroid dienone is 2. The second kappa shape index (κ2) is 14.0. The van der Waals surface area contributed by atoms with Crippen molar-refractivity contribution in [3.05, 3.63) is 236 Å². The van der Waals surface area contributed by atoms with Gasteiger partial charge in [-0.05, 0) is 60.2 Å². The second-order valence-electron chi connectivity index (χ2n) is 18.2. The number of benzene rings is 9. The first-order valence-electron chi connectivity index (χ1n) is 23.2. The lowest BCUT2D eigenvalue weighted by molar-refractivity contribution is 0.0815. The Morgan fingerprint density at radius 2 is 0.559 bits per heavy atom. The number of aromatic nitrogens is 4. The van der Waals surface area contributed by atoms with Crippen molar-refractivity contribution in [3.8, 4) is 12.1 Å². The fraction of sp³-hybridized carbons (Fsp3) is 0.0645. The molecule has 0 N–H and O–H groups in total. The molecule has 0 aliphatic heterocycles. The molecule has 0 saturated heterocycles. The first-order chi connectivity index (χ1) is 33.6. The van der Waals surface area contributed by atoms with Crippen LogP contribution in [-0.4, -0.2) is 18.3 Å². The standard InChI is InChI=1S/C62H40N6/c63-40-60(41-64)38-51(42-20-2-1-3-21-42)61(65-52-30-12-4-22-43(52)44-23-5-13-31-53(44)65,66-54-32-14-6-24-45(54)46-25-7-15-33-55(46)66)39-62(60,67-56-34-16-8-26-47(56)48-27-9-17-35-57(48)67)68-58-36-18-10-28-49(58)50-29-11-19-37-59(50)68/h1-38H,39H2. The minimum absolute atomic E-state index is 0.207. The monoisotopic (exact) mass is 868 g/mol. The van der Waals surface area contributed by atoms with Gasteiger partial charge in [-0.25, -0.2) is 0 Å². The molecular weight excluding hydrogens is 829 g/mol. The van der Waals surface area contributed by atoms with Gasteiger partial charge in [0, 0.05) is 55.1 Å². The average Bonchev–Trinajstić information content (AvgIpc) is 4.14. The van der Waals surface area contributed by atoms with Crippen LogP contribution in [0.25, 0.3) is 92.8 Å². The molecule has 14 rings (SSSR count). The predicted octanol–water partition coefficient (Wildman–Crippen LogP) is 14.7. The summed E-state index contributed by atoms with van der Waals surface area (Å²) in [6.45, 7) is 0. The van der Waals surface area contributed by atoms with Crippen molar-refractivity contribution in [2.75, 3.05) is 0 Å². The van der Waals surface area contributed by atoms with E-state index < -0.39 is 16.7 Å². The Hall–Kier alpha value is -9.10. The first-order valence-corrected chi connectivity index (χ1v) is 23.2. The van der Waals surface area contributed by atoms with Crippen molar-refractivity contribution < 1.29 is 0 Å². The molecule has 13 aromatic rings. The summed E-state index contributed by atoms with van der Waals surface area (Å²) in [5.41, 5.74) is 5.06. The van der Waals surface area contributed by atoms with Gasteiger partial charge in [0.05, 0.1) is 56.3 Å². The number of fused-ring (bicyclic) bond motifs is 12. The molecule has 0 amide bonds. The van der Waals surface area contributed by atoms with E-state index in [1.54, 1.807) is 0 Å². The van der Waals surface area contributed by atoms with Crippen molar-refractivity contribution in [1.29, 1.82) is 10.5 Å². The molecule has 1 aliphatic rings. The van der Waals surface area contributed by atoms with Gasteiger partial charge in [-0.1, -0.05) is 176 Å². The van der Waals surface area contributed by atoms with Crippen LogP contribution in [0, 0.1) is 28.1 Å². The zero-order valence-corrected chi connectivity index (χ0v) is 36.8. The zero-order valence-electron chi connectivity index (χ0n) is 36.8. The highest BCUT2D eigenvalue weighted by atomic mass is 15.4. The van der Waals surface area contributed by atoms with Crippen LogP contribution in [0.3, 0.4) is 0 Å². The van der Waals surface area contributed by atoms with Crippen LogP contribution >= 0.6 is 0 Å². The third-order valence-corrected chi connectivity index (χ3v) is 15.2. The molecule has 0 radical (unpaired) electrons. The predicted molar refractivity (Wildman–Crippen MR) is 277 cm³/mol. The molecule has 318 valence electrons. The summed E-state index contributed by atoms with van der Waals surface area (Å²) >= 11 is 0. The van der Waals surface area contributed by atoms with Crippen molar-refractivity contribution in [2.45, 2.75) is 17.7 Å². The lowest BCUT2D eigenvalue weighted by atomic mass is 9.63. The highest BCUT2D eigenvalue weighted by molar-refractivity contribution is 6.13. The minimum atomic E-state index is -1.85. The van der Waals surface area contributed by atoms with Crippen molar-refractivity contribution in [3.63, 3.8) is 0 Å². The van der Waals surface area contributed by atoms with Gasteiger partial charge in [-0.2, -0.15) is 10.5 Å². The van der Waals surface area contributed by atoms with Crippen LogP contribution in [0.2, 0.25) is 0 Å². The summed E-state index contributed by atoms with van der Waals surface area (Å²) in [4.78, 5) is 0. The number of hydrogen-bond donors (Lipinski definition) is 0. The topological polar surface area (TPSA) is 67.3 Å². The maximum Gasteiger partial charge on any atom is 0.204 e. The molecule has 0 unspecified atom stereocenters. The summed E-state index contributed by atoms with van der Waals surface area (Å²) in [5, 5.41) is 33.8. The van der Waals surface area contributed by atoms with E-state index in [4.69, 9.17) is 0 Å². The molecule has 6 heteroatoms. The van der Waals surface area contributed by atoms with Gasteiger partial charge in [0.25, 0.3) is 0 Å². The SMILES string of the molecule is N#CC1(C#N)C=C(c2ccccc2)C(n2c3ccccc3c3ccccc32)(n2c3ccccc3c3ccccc32)CC1(n1c2ccccc2c2ccccc21)n1c2ccccc2c2ccccc21. The van der Waals surface area contributed by atoms with Gasteiger partial charge in [-0.15, -0.1) is 0 Å². The number of rotatable bonds is 5. The van der Waals surface area contributed by atoms with E-state index in [1.165, 1.54) is 0 Å². The third-order valence-electron chi connectivity index (χ3n) is 15.2. The zero-order chi connectivity index (χ0) is 45.2. The van der Waals surface area contributed by atoms with Crippen molar-refractivity contribution >= 4 is 92.8 Å². The van der Waals surface area contributed by atoms with E-state index in [9.17, 15) is 10.5 Å². The van der Waals surface area contributed by atoms with Gasteiger partial charge < -0.3 is 18.3 Å². The van der Waals surface area contributed by atoms with E-state index in [2.05, 4.69) is 255 Å². The molecule has 0 atom stereocenters. The summed E-state index contributed by atoms with van der Waals surface area (Å²) in [5.74, 6) is 0. The van der Waals surface area contributed by atoms with Crippen molar-refractivity contribution in [2.24, 2.45) is 5.41 Å². The van der Waals surface area contributed by atoms with E-state index in [0.717, 1.165) is 98.4 Å². The Bertz CT molecular complexity index is 3900. The van der Waals surface area contributed by atoms with E-state index >= 15 is 0 Å². The number of nitrogens with zero attached hydrogens (tertiary/aromatic N) is 6. The Morgan fingerprint density at radius 1 is 0.309 bits per heavy atom. The lowest BCUT2D eigenvalue weighted by Gasteiger charge is -2.56. The van der Waals surface area contributed by atoms with E-state index in [1.807, 2.05) is 6.07 Å². The largest absolute Gasteiger partial charge is 0.313 e. The normalized spacial score (nSPS) is 15.4. The summed E-state index contributed by atoms with van der Waals surface area (Å²) in [6, 6.07) is 85.2. The summed E-state index contributed by atoms with van der Waals surface area (Å²) < 4.78 is 9.89. The fourth-order valence-electron chi connectivity index (χ4n) is 12.6. The van der Waals surface area contributed by atoms with Crippen molar-refractivity contribution in [1.82, 2.24) is 18.3 Å². The summed E-state index contributed by atoms with van der Waals surface area (Å²) in [7, 11) is 0. The van der Waals surface area contributed by atoms with Crippen LogP contribution in [0.15, 0.2) is 231 Å². The van der Waals surface area contributed by atoms with E-state index in [0.29, 0.717) is 0 Å². The van der Waals surface area contributed by atoms with Crippen LogP contribution < -0.4 is 0 Å². The number of hydrogen-bond acceptors (Lipinski definition) is 2. The van der Waals surface area contributed by atoms with Gasteiger partial charge in [-0.3, -0.25) is 0 Å². The Balaban J connectivity index is 1.34. The molecule has 0 fully saturated rings. The quantitative estimate of drug-likeness (QED) is 0.173. The molecule has 0 saturated carbocycles. The molecule has 0 spiro atoms. The molecule has 9 aromatic carbocycles. The highest BCUT2D eigenvalue weighted by Gasteiger charge is 2.66.